The zero-order valence-corrected chi connectivity index (χ0v) is 12.8. The van der Waals surface area contributed by atoms with Crippen LogP contribution in [0.4, 0.5) is 5.69 Å². The molecule has 0 spiro atoms. The summed E-state index contributed by atoms with van der Waals surface area (Å²) < 4.78 is 0. The summed E-state index contributed by atoms with van der Waals surface area (Å²) in [6.07, 6.45) is 4.63. The molecule has 1 aliphatic carbocycles. The number of benzene rings is 1. The first-order chi connectivity index (χ1) is 10.1. The molecule has 108 valence electrons. The van der Waals surface area contributed by atoms with Crippen molar-refractivity contribution in [3.63, 3.8) is 0 Å². The van der Waals surface area contributed by atoms with Gasteiger partial charge < -0.3 is 5.32 Å². The van der Waals surface area contributed by atoms with Crippen molar-refractivity contribution in [1.82, 2.24) is 0 Å². The summed E-state index contributed by atoms with van der Waals surface area (Å²) >= 11 is 1.60. The third-order valence-electron chi connectivity index (χ3n) is 3.77. The molecular formula is C17H17NO2S. The topological polar surface area (TPSA) is 46.2 Å². The van der Waals surface area contributed by atoms with Crippen LogP contribution in [0.25, 0.3) is 0 Å². The number of hydrogen-bond donors (Lipinski definition) is 1. The number of hydrogen-bond acceptors (Lipinski definition) is 3. The van der Waals surface area contributed by atoms with E-state index in [2.05, 4.69) is 5.32 Å². The first-order valence-electron chi connectivity index (χ1n) is 7.17. The van der Waals surface area contributed by atoms with Crippen LogP contribution in [-0.2, 0) is 12.8 Å². The van der Waals surface area contributed by atoms with Crippen molar-refractivity contribution in [2.24, 2.45) is 0 Å². The second-order valence-electron chi connectivity index (χ2n) is 5.35. The van der Waals surface area contributed by atoms with Gasteiger partial charge in [-0.3, -0.25) is 9.59 Å². The number of rotatable bonds is 3. The molecule has 0 bridgehead atoms. The molecule has 1 amide bonds. The minimum absolute atomic E-state index is 0.0267. The Bertz CT molecular complexity index is 662. The van der Waals surface area contributed by atoms with Gasteiger partial charge in [0.05, 0.1) is 4.88 Å². The highest BCUT2D eigenvalue weighted by atomic mass is 32.1. The zero-order valence-electron chi connectivity index (χ0n) is 11.9. The van der Waals surface area contributed by atoms with Gasteiger partial charge in [0.25, 0.3) is 5.91 Å². The van der Waals surface area contributed by atoms with Crippen molar-refractivity contribution in [2.75, 3.05) is 5.32 Å². The van der Waals surface area contributed by atoms with Crippen molar-refractivity contribution in [3.8, 4) is 0 Å². The Morgan fingerprint density at radius 3 is 2.48 bits per heavy atom. The predicted molar refractivity (Wildman–Crippen MR) is 85.4 cm³/mol. The van der Waals surface area contributed by atoms with Crippen LogP contribution in [0.3, 0.4) is 0 Å². The molecule has 3 nitrogen and oxygen atoms in total. The van der Waals surface area contributed by atoms with E-state index in [9.17, 15) is 9.59 Å². The second-order valence-corrected chi connectivity index (χ2v) is 6.49. The second kappa shape index (κ2) is 5.82. The summed E-state index contributed by atoms with van der Waals surface area (Å²) in [4.78, 5) is 25.6. The lowest BCUT2D eigenvalue weighted by Crippen LogP contribution is -2.10. The van der Waals surface area contributed by atoms with Gasteiger partial charge in [0.2, 0.25) is 0 Å². The van der Waals surface area contributed by atoms with Crippen LogP contribution in [0.5, 0.6) is 0 Å². The fraction of sp³-hybridized carbons (Fsp3) is 0.294. The van der Waals surface area contributed by atoms with Crippen LogP contribution in [-0.4, -0.2) is 11.7 Å². The van der Waals surface area contributed by atoms with E-state index >= 15 is 0 Å². The number of nitrogens with one attached hydrogen (secondary N) is 1. The highest BCUT2D eigenvalue weighted by Crippen LogP contribution is 2.30. The van der Waals surface area contributed by atoms with E-state index in [0.717, 1.165) is 23.4 Å². The molecule has 0 unspecified atom stereocenters. The maximum absolute atomic E-state index is 12.3. The van der Waals surface area contributed by atoms with Gasteiger partial charge >= 0.3 is 0 Å². The summed E-state index contributed by atoms with van der Waals surface area (Å²) in [5.41, 5.74) is 2.71. The van der Waals surface area contributed by atoms with Gasteiger partial charge in [-0.05, 0) is 68.5 Å². The Kier molecular flexibility index (Phi) is 3.88. The Labute approximate surface area is 128 Å². The average molecular weight is 299 g/mol. The van der Waals surface area contributed by atoms with Crippen LogP contribution in [0.1, 0.15) is 50.2 Å². The average Bonchev–Trinajstić information content (AvgIpc) is 2.92. The molecule has 0 aliphatic heterocycles. The van der Waals surface area contributed by atoms with Crippen molar-refractivity contribution in [3.05, 3.63) is 51.2 Å². The van der Waals surface area contributed by atoms with Crippen molar-refractivity contribution in [2.45, 2.75) is 32.6 Å². The Hall–Kier alpha value is -1.94. The highest BCUT2D eigenvalue weighted by Gasteiger charge is 2.17. The Balaban J connectivity index is 1.73. The number of thiophene rings is 1. The highest BCUT2D eigenvalue weighted by molar-refractivity contribution is 7.14. The molecule has 21 heavy (non-hydrogen) atoms. The molecule has 1 heterocycles. The summed E-state index contributed by atoms with van der Waals surface area (Å²) in [7, 11) is 0. The Morgan fingerprint density at radius 1 is 1.10 bits per heavy atom. The monoisotopic (exact) mass is 299 g/mol. The van der Waals surface area contributed by atoms with Gasteiger partial charge in [-0.15, -0.1) is 11.3 Å². The number of aryl methyl sites for hydroxylation is 2. The van der Waals surface area contributed by atoms with Gasteiger partial charge in [0.15, 0.2) is 5.78 Å². The van der Waals surface area contributed by atoms with E-state index in [1.807, 2.05) is 6.07 Å². The van der Waals surface area contributed by atoms with E-state index < -0.39 is 0 Å². The van der Waals surface area contributed by atoms with Gasteiger partial charge in [-0.25, -0.2) is 0 Å². The smallest absolute Gasteiger partial charge is 0.265 e. The number of fused-ring (bicyclic) bond motifs is 1. The lowest BCUT2D eigenvalue weighted by Gasteiger charge is -2.08. The Morgan fingerprint density at radius 2 is 1.81 bits per heavy atom. The first kappa shape index (κ1) is 14.0. The molecule has 0 radical (unpaired) electrons. The van der Waals surface area contributed by atoms with Gasteiger partial charge in [0, 0.05) is 16.1 Å². The van der Waals surface area contributed by atoms with Crippen LogP contribution in [0.2, 0.25) is 0 Å². The number of Topliss-reactive ketones (excluding diaryl/α,β-unsaturated/α-hetero) is 1. The number of amides is 1. The van der Waals surface area contributed by atoms with Gasteiger partial charge in [-0.1, -0.05) is 0 Å². The number of carbonyl (C=O) groups excluding carboxylic acids is 2. The first-order valence-corrected chi connectivity index (χ1v) is 7.99. The summed E-state index contributed by atoms with van der Waals surface area (Å²) in [5.74, 6) is -0.0382. The standard InChI is InChI=1S/C17H17NO2S/c1-11(19)12-6-8-14(9-7-12)18-17(20)16-10-13-4-2-3-5-15(13)21-16/h6-10H,2-5H2,1H3,(H,18,20). The number of carbonyl (C=O) groups is 2. The molecule has 0 atom stereocenters. The van der Waals surface area contributed by atoms with Crippen molar-refractivity contribution in [1.29, 1.82) is 0 Å². The minimum atomic E-state index is -0.0648. The summed E-state index contributed by atoms with van der Waals surface area (Å²) in [6.45, 7) is 1.53. The lowest BCUT2D eigenvalue weighted by molar-refractivity contribution is 0.101. The molecule has 1 N–H and O–H groups in total. The zero-order chi connectivity index (χ0) is 14.8. The molecule has 3 rings (SSSR count). The fourth-order valence-electron chi connectivity index (χ4n) is 2.58. The third kappa shape index (κ3) is 3.05. The predicted octanol–water partition coefficient (Wildman–Crippen LogP) is 4.08. The SMILES string of the molecule is CC(=O)c1ccc(NC(=O)c2cc3c(s2)CCCC3)cc1. The minimum Gasteiger partial charge on any atom is -0.321 e. The number of anilines is 1. The molecule has 0 saturated carbocycles. The molecule has 1 aromatic heterocycles. The molecule has 2 aromatic rings. The van der Waals surface area contributed by atoms with E-state index in [4.69, 9.17) is 0 Å². The molecule has 1 aliphatic rings. The van der Waals surface area contributed by atoms with Gasteiger partial charge in [0.1, 0.15) is 0 Å². The molecule has 0 fully saturated rings. The van der Waals surface area contributed by atoms with E-state index in [-0.39, 0.29) is 11.7 Å². The maximum Gasteiger partial charge on any atom is 0.265 e. The third-order valence-corrected chi connectivity index (χ3v) is 5.01. The van der Waals surface area contributed by atoms with E-state index in [1.165, 1.54) is 30.2 Å². The van der Waals surface area contributed by atoms with Crippen LogP contribution >= 0.6 is 11.3 Å². The maximum atomic E-state index is 12.3. The molecule has 4 heteroatoms. The summed E-state index contributed by atoms with van der Waals surface area (Å²) in [6, 6.07) is 9.03. The fourth-order valence-corrected chi connectivity index (χ4v) is 3.73. The van der Waals surface area contributed by atoms with Crippen LogP contribution < -0.4 is 5.32 Å². The van der Waals surface area contributed by atoms with Crippen molar-refractivity contribution >= 4 is 28.7 Å². The lowest BCUT2D eigenvalue weighted by atomic mass is 9.99. The van der Waals surface area contributed by atoms with Crippen LogP contribution in [0.15, 0.2) is 30.3 Å². The van der Waals surface area contributed by atoms with E-state index in [0.29, 0.717) is 5.56 Å². The van der Waals surface area contributed by atoms with Gasteiger partial charge in [-0.2, -0.15) is 0 Å². The normalized spacial score (nSPS) is 13.6. The molecule has 0 saturated heterocycles. The quantitative estimate of drug-likeness (QED) is 0.868. The van der Waals surface area contributed by atoms with E-state index in [1.54, 1.807) is 35.6 Å². The number of ketones is 1. The molecule has 1 aromatic carbocycles. The van der Waals surface area contributed by atoms with Crippen LogP contribution in [0, 0.1) is 0 Å². The largest absolute Gasteiger partial charge is 0.321 e. The summed E-state index contributed by atoms with van der Waals surface area (Å²) in [5, 5.41) is 2.89. The van der Waals surface area contributed by atoms with Crippen molar-refractivity contribution < 1.29 is 9.59 Å². The molecular weight excluding hydrogens is 282 g/mol.